The maximum absolute atomic E-state index is 13.2. The third kappa shape index (κ3) is 5.33. The molecule has 3 aromatic rings. The minimum atomic E-state index is -0.374. The summed E-state index contributed by atoms with van der Waals surface area (Å²) in [7, 11) is 1.64. The predicted molar refractivity (Wildman–Crippen MR) is 132 cm³/mol. The number of imidazole rings is 1. The first-order valence-corrected chi connectivity index (χ1v) is 12.0. The third-order valence-corrected chi connectivity index (χ3v) is 6.30. The van der Waals surface area contributed by atoms with Gasteiger partial charge in [0.05, 0.1) is 17.2 Å². The largest absolute Gasteiger partial charge is 0.385 e. The van der Waals surface area contributed by atoms with Crippen LogP contribution < -0.4 is 5.32 Å². The molecule has 2 amide bonds. The zero-order valence-electron chi connectivity index (χ0n) is 20.2. The van der Waals surface area contributed by atoms with Crippen LogP contribution in [-0.2, 0) is 11.3 Å². The summed E-state index contributed by atoms with van der Waals surface area (Å²) in [4.78, 5) is 37.3. The highest BCUT2D eigenvalue weighted by Crippen LogP contribution is 2.25. The number of hydrogen-bond acceptors (Lipinski definition) is 6. The van der Waals surface area contributed by atoms with E-state index < -0.39 is 0 Å². The standard InChI is InChI=1S/C26H30N6O3/c1-3-7-21-10-5-11-31(21)25(34)20-15-22-23(28-17-20)32(12-6-13-35-2)26(29-22)30-24(33)19-9-4-8-18(14-19)16-27/h4,8-9,14-15,17,21H,3,5-7,10-13H2,1-2H3,(H,29,30,33). The second kappa shape index (κ2) is 11.1. The van der Waals surface area contributed by atoms with Crippen LogP contribution in [0.3, 0.4) is 0 Å². The molecule has 0 radical (unpaired) electrons. The molecule has 4 rings (SSSR count). The lowest BCUT2D eigenvalue weighted by atomic mass is 10.1. The minimum absolute atomic E-state index is 0.0248. The number of benzene rings is 1. The Labute approximate surface area is 204 Å². The maximum Gasteiger partial charge on any atom is 0.258 e. The van der Waals surface area contributed by atoms with Crippen LogP contribution in [0.2, 0.25) is 0 Å². The Morgan fingerprint density at radius 2 is 2.14 bits per heavy atom. The number of nitrogens with zero attached hydrogens (tertiary/aromatic N) is 5. The average Bonchev–Trinajstić information content (AvgIpc) is 3.48. The molecule has 0 bridgehead atoms. The lowest BCUT2D eigenvalue weighted by Crippen LogP contribution is -2.35. The summed E-state index contributed by atoms with van der Waals surface area (Å²) < 4.78 is 7.01. The molecule has 0 saturated carbocycles. The highest BCUT2D eigenvalue weighted by atomic mass is 16.5. The first-order chi connectivity index (χ1) is 17.0. The van der Waals surface area contributed by atoms with Crippen LogP contribution in [0.4, 0.5) is 5.95 Å². The summed E-state index contributed by atoms with van der Waals surface area (Å²) in [5.41, 5.74) is 2.39. The van der Waals surface area contributed by atoms with Gasteiger partial charge in [0, 0.05) is 44.6 Å². The van der Waals surface area contributed by atoms with Crippen molar-refractivity contribution >= 4 is 28.9 Å². The number of methoxy groups -OCH3 is 1. The number of fused-ring (bicyclic) bond motifs is 1. The van der Waals surface area contributed by atoms with E-state index >= 15 is 0 Å². The fourth-order valence-corrected chi connectivity index (χ4v) is 4.61. The van der Waals surface area contributed by atoms with Gasteiger partial charge in [-0.05, 0) is 49.9 Å². The number of hydrogen-bond donors (Lipinski definition) is 1. The minimum Gasteiger partial charge on any atom is -0.385 e. The molecule has 182 valence electrons. The number of nitrogens with one attached hydrogen (secondary N) is 1. The third-order valence-electron chi connectivity index (χ3n) is 6.30. The second-order valence-corrected chi connectivity index (χ2v) is 8.73. The van der Waals surface area contributed by atoms with Gasteiger partial charge in [-0.2, -0.15) is 5.26 Å². The second-order valence-electron chi connectivity index (χ2n) is 8.73. The summed E-state index contributed by atoms with van der Waals surface area (Å²) in [5.74, 6) is -0.0602. The molecule has 2 aromatic heterocycles. The molecule has 9 nitrogen and oxygen atoms in total. The SMILES string of the molecule is CCCC1CCCN1C(=O)c1cnc2c(c1)nc(NC(=O)c1cccc(C#N)c1)n2CCCOC. The Hall–Kier alpha value is -3.77. The van der Waals surface area contributed by atoms with Crippen molar-refractivity contribution in [3.05, 3.63) is 53.2 Å². The van der Waals surface area contributed by atoms with Gasteiger partial charge in [0.25, 0.3) is 11.8 Å². The van der Waals surface area contributed by atoms with Crippen molar-refractivity contribution in [2.24, 2.45) is 0 Å². The molecule has 1 fully saturated rings. The maximum atomic E-state index is 13.2. The van der Waals surface area contributed by atoms with E-state index in [1.165, 1.54) is 6.07 Å². The lowest BCUT2D eigenvalue weighted by Gasteiger charge is -2.24. The van der Waals surface area contributed by atoms with Gasteiger partial charge in [-0.3, -0.25) is 19.5 Å². The molecule has 1 N–H and O–H groups in total. The van der Waals surface area contributed by atoms with Crippen molar-refractivity contribution in [3.63, 3.8) is 0 Å². The Kier molecular flexibility index (Phi) is 7.73. The number of aromatic nitrogens is 3. The average molecular weight is 475 g/mol. The molecular weight excluding hydrogens is 444 g/mol. The zero-order valence-corrected chi connectivity index (χ0v) is 20.2. The molecule has 9 heteroatoms. The van der Waals surface area contributed by atoms with Crippen molar-refractivity contribution in [1.29, 1.82) is 5.26 Å². The van der Waals surface area contributed by atoms with Gasteiger partial charge in [-0.1, -0.05) is 19.4 Å². The number of carbonyl (C=O) groups is 2. The van der Waals surface area contributed by atoms with Crippen molar-refractivity contribution in [2.75, 3.05) is 25.6 Å². The number of nitriles is 1. The van der Waals surface area contributed by atoms with E-state index in [1.807, 2.05) is 15.5 Å². The molecule has 1 aromatic carbocycles. The molecule has 0 spiro atoms. The van der Waals surface area contributed by atoms with Gasteiger partial charge in [-0.15, -0.1) is 0 Å². The monoisotopic (exact) mass is 474 g/mol. The Morgan fingerprint density at radius 3 is 2.91 bits per heavy atom. The van der Waals surface area contributed by atoms with E-state index in [4.69, 9.17) is 10.00 Å². The fraction of sp³-hybridized carbons (Fsp3) is 0.423. The van der Waals surface area contributed by atoms with E-state index in [0.29, 0.717) is 53.4 Å². The van der Waals surface area contributed by atoms with Crippen LogP contribution in [0.15, 0.2) is 36.5 Å². The summed E-state index contributed by atoms with van der Waals surface area (Å²) in [6.45, 7) is 3.97. The summed E-state index contributed by atoms with van der Waals surface area (Å²) in [5, 5.41) is 12.0. The summed E-state index contributed by atoms with van der Waals surface area (Å²) in [6, 6.07) is 10.6. The van der Waals surface area contributed by atoms with E-state index in [1.54, 1.807) is 37.6 Å². The van der Waals surface area contributed by atoms with E-state index in [0.717, 1.165) is 32.2 Å². The van der Waals surface area contributed by atoms with Crippen molar-refractivity contribution in [2.45, 2.75) is 51.6 Å². The van der Waals surface area contributed by atoms with Crippen LogP contribution in [0.25, 0.3) is 11.2 Å². The zero-order chi connectivity index (χ0) is 24.8. The molecule has 3 heterocycles. The molecule has 1 aliphatic heterocycles. The number of pyridine rings is 1. The molecule has 1 unspecified atom stereocenters. The fourth-order valence-electron chi connectivity index (χ4n) is 4.61. The summed E-state index contributed by atoms with van der Waals surface area (Å²) >= 11 is 0. The molecule has 1 saturated heterocycles. The van der Waals surface area contributed by atoms with Crippen LogP contribution in [-0.4, -0.2) is 57.6 Å². The predicted octanol–water partition coefficient (Wildman–Crippen LogP) is 4.00. The van der Waals surface area contributed by atoms with Crippen LogP contribution in [0, 0.1) is 11.3 Å². The smallest absolute Gasteiger partial charge is 0.258 e. The number of aryl methyl sites for hydroxylation is 1. The van der Waals surface area contributed by atoms with E-state index in [9.17, 15) is 9.59 Å². The molecule has 1 aliphatic rings. The van der Waals surface area contributed by atoms with Crippen molar-refractivity contribution in [3.8, 4) is 6.07 Å². The highest BCUT2D eigenvalue weighted by Gasteiger charge is 2.29. The van der Waals surface area contributed by atoms with Gasteiger partial charge in [0.15, 0.2) is 5.65 Å². The van der Waals surface area contributed by atoms with Gasteiger partial charge in [0.2, 0.25) is 5.95 Å². The number of anilines is 1. The van der Waals surface area contributed by atoms with E-state index in [-0.39, 0.29) is 17.9 Å². The number of ether oxygens (including phenoxy) is 1. The Morgan fingerprint density at radius 1 is 1.29 bits per heavy atom. The van der Waals surface area contributed by atoms with Crippen molar-refractivity contribution in [1.82, 2.24) is 19.4 Å². The van der Waals surface area contributed by atoms with Crippen molar-refractivity contribution < 1.29 is 14.3 Å². The van der Waals surface area contributed by atoms with Gasteiger partial charge in [0.1, 0.15) is 5.52 Å². The topological polar surface area (TPSA) is 113 Å². The Bertz CT molecular complexity index is 1260. The first kappa shape index (κ1) is 24.4. The number of carbonyl (C=O) groups excluding carboxylic acids is 2. The first-order valence-electron chi connectivity index (χ1n) is 12.0. The molecular formula is C26H30N6O3. The number of rotatable bonds is 9. The van der Waals surface area contributed by atoms with E-state index in [2.05, 4.69) is 22.2 Å². The highest BCUT2D eigenvalue weighted by molar-refractivity contribution is 6.04. The van der Waals surface area contributed by atoms with Gasteiger partial charge < -0.3 is 9.64 Å². The van der Waals surface area contributed by atoms with Gasteiger partial charge >= 0.3 is 0 Å². The molecule has 1 atom stereocenters. The van der Waals surface area contributed by atoms with Crippen LogP contribution in [0.5, 0.6) is 0 Å². The molecule has 0 aliphatic carbocycles. The number of likely N-dealkylation sites (tertiary alicyclic amines) is 1. The Balaban J connectivity index is 1.64. The quantitative estimate of drug-likeness (QED) is 0.469. The summed E-state index contributed by atoms with van der Waals surface area (Å²) in [6.07, 6.45) is 6.39. The molecule has 35 heavy (non-hydrogen) atoms. The number of amides is 2. The van der Waals surface area contributed by atoms with Gasteiger partial charge in [-0.25, -0.2) is 9.97 Å². The van der Waals surface area contributed by atoms with Crippen LogP contribution in [0.1, 0.15) is 65.3 Å². The normalized spacial score (nSPS) is 15.3. The lowest BCUT2D eigenvalue weighted by molar-refractivity contribution is 0.0729. The van der Waals surface area contributed by atoms with Crippen LogP contribution >= 0.6 is 0 Å².